The zero-order valence-corrected chi connectivity index (χ0v) is 35.5. The molecule has 330 valence electrons. The van der Waals surface area contributed by atoms with Crippen molar-refractivity contribution >= 4 is 46.3 Å². The maximum absolute atomic E-state index is 14.6. The molecule has 5 amide bonds. The van der Waals surface area contributed by atoms with Crippen molar-refractivity contribution in [1.82, 2.24) is 31.5 Å². The Balaban J connectivity index is 1.36. The zero-order chi connectivity index (χ0) is 44.3. The molecule has 4 aromatic rings. The summed E-state index contributed by atoms with van der Waals surface area (Å²) in [4.78, 5) is 75.8. The number of hydrogen-bond acceptors (Lipinski definition) is 8. The lowest BCUT2D eigenvalue weighted by molar-refractivity contribution is -0.143. The lowest BCUT2D eigenvalue weighted by Crippen LogP contribution is -2.58. The number of benzene rings is 4. The fourth-order valence-electron chi connectivity index (χ4n) is 7.47. The maximum atomic E-state index is 14.6. The van der Waals surface area contributed by atoms with Gasteiger partial charge >= 0.3 is 0 Å². The quantitative estimate of drug-likeness (QED) is 0.0417. The maximum Gasteiger partial charge on any atom is 0.246 e. The molecule has 0 radical (unpaired) electrons. The Labute approximate surface area is 363 Å². The number of aliphatic imine (C=N–C) groups is 1. The van der Waals surface area contributed by atoms with Crippen LogP contribution in [0.5, 0.6) is 5.75 Å². The number of unbranched alkanes of at least 4 members (excludes halogenated alkanes) is 3. The third-order valence-corrected chi connectivity index (χ3v) is 11.0. The molecule has 4 atom stereocenters. The van der Waals surface area contributed by atoms with Crippen molar-refractivity contribution in [2.45, 2.75) is 95.4 Å². The number of phenolic OH excluding ortho intramolecular Hbond substituents is 1. The van der Waals surface area contributed by atoms with Crippen molar-refractivity contribution in [2.24, 2.45) is 16.5 Å². The van der Waals surface area contributed by atoms with E-state index in [9.17, 15) is 29.1 Å². The number of aromatic hydroxyl groups is 1. The summed E-state index contributed by atoms with van der Waals surface area (Å²) in [6, 6.07) is 26.0. The van der Waals surface area contributed by atoms with Crippen LogP contribution >= 0.6 is 0 Å². The molecule has 0 aromatic heterocycles. The highest BCUT2D eigenvalue weighted by Gasteiger charge is 2.35. The molecule has 0 bridgehead atoms. The molecule has 1 heterocycles. The average Bonchev–Trinajstić information content (AvgIpc) is 3.27. The summed E-state index contributed by atoms with van der Waals surface area (Å²) in [5.74, 6) is -2.96. The SMILES string of the molecule is C[C@@H]1C(=O)N[C@@H](CCCN=C(N)N)C(=O)N[C@@H](CCc2ccc3ccccc3c2)C(=O)NCC(=O)N[C@H](Cc2ccc(O)cc2)C(=O)N1CCCCCCNCc1ccccc1. The van der Waals surface area contributed by atoms with E-state index < -0.39 is 60.2 Å². The Bertz CT molecular complexity index is 2130. The van der Waals surface area contributed by atoms with E-state index in [0.29, 0.717) is 24.8 Å². The lowest BCUT2D eigenvalue weighted by atomic mass is 10.0. The fraction of sp³-hybridized carbons (Fsp3) is 0.404. The Morgan fingerprint density at radius 1 is 0.710 bits per heavy atom. The molecule has 0 saturated carbocycles. The van der Waals surface area contributed by atoms with Crippen molar-refractivity contribution in [1.29, 1.82) is 0 Å². The Kier molecular flexibility index (Phi) is 18.1. The Hall–Kier alpha value is -6.48. The third kappa shape index (κ3) is 14.9. The van der Waals surface area contributed by atoms with Crippen LogP contribution in [0.4, 0.5) is 0 Å². The number of nitrogens with two attached hydrogens (primary N) is 2. The summed E-state index contributed by atoms with van der Waals surface area (Å²) < 4.78 is 0. The van der Waals surface area contributed by atoms with E-state index in [0.717, 1.165) is 48.7 Å². The van der Waals surface area contributed by atoms with Crippen LogP contribution in [-0.2, 0) is 43.4 Å². The standard InChI is InChI=1S/C47H61N9O6/c1-32-43(59)54-39(16-11-26-51-47(48)49)45(61)55-40(24-20-33-17-21-36-14-7-8-15-37(36)28-33)44(60)52-31-42(58)53-41(29-34-18-22-38(57)23-19-34)46(62)56(32)27-10-3-2-9-25-50-30-35-12-5-4-6-13-35/h4-8,12-15,17-19,21-23,28,32,39-41,50,57H,2-3,9-11,16,20,24-27,29-31H2,1H3,(H,52,60)(H,53,58)(H,54,59)(H,55,61)(H4,48,49,51)/t32-,39+,40+,41-/m1/s1. The average molecular weight is 848 g/mol. The predicted molar refractivity (Wildman–Crippen MR) is 241 cm³/mol. The first-order valence-corrected chi connectivity index (χ1v) is 21.5. The number of nitrogens with zero attached hydrogens (tertiary/aromatic N) is 2. The molecule has 1 aliphatic rings. The summed E-state index contributed by atoms with van der Waals surface area (Å²) in [5, 5.41) is 26.7. The second kappa shape index (κ2) is 24.1. The van der Waals surface area contributed by atoms with Crippen LogP contribution < -0.4 is 38.1 Å². The number of fused-ring (bicyclic) bond motifs is 1. The van der Waals surface area contributed by atoms with Crippen LogP contribution in [0, 0.1) is 0 Å². The second-order valence-electron chi connectivity index (χ2n) is 15.8. The molecule has 15 heteroatoms. The van der Waals surface area contributed by atoms with E-state index in [4.69, 9.17) is 11.5 Å². The Morgan fingerprint density at radius 2 is 1.39 bits per heavy atom. The van der Waals surface area contributed by atoms with E-state index in [1.807, 2.05) is 60.7 Å². The molecule has 1 fully saturated rings. The van der Waals surface area contributed by atoms with Gasteiger partial charge in [-0.1, -0.05) is 97.8 Å². The van der Waals surface area contributed by atoms with E-state index in [1.165, 1.54) is 22.6 Å². The molecule has 1 saturated heterocycles. The van der Waals surface area contributed by atoms with Gasteiger partial charge in [0.05, 0.1) is 6.54 Å². The van der Waals surface area contributed by atoms with Crippen molar-refractivity contribution in [3.63, 3.8) is 0 Å². The number of rotatable bonds is 18. The summed E-state index contributed by atoms with van der Waals surface area (Å²) in [6.07, 6.45) is 4.31. The van der Waals surface area contributed by atoms with Gasteiger partial charge in [0.15, 0.2) is 5.96 Å². The minimum Gasteiger partial charge on any atom is -0.508 e. The van der Waals surface area contributed by atoms with Gasteiger partial charge in [0, 0.05) is 26.1 Å². The third-order valence-electron chi connectivity index (χ3n) is 11.0. The molecule has 1 aliphatic heterocycles. The smallest absolute Gasteiger partial charge is 0.246 e. The first kappa shape index (κ1) is 46.6. The number of carbonyl (C=O) groups excluding carboxylic acids is 5. The minimum atomic E-state index is -1.12. The number of hydrogen-bond donors (Lipinski definition) is 8. The predicted octanol–water partition coefficient (Wildman–Crippen LogP) is 2.93. The molecular weight excluding hydrogens is 787 g/mol. The van der Waals surface area contributed by atoms with Gasteiger partial charge in [-0.2, -0.15) is 0 Å². The molecule has 0 unspecified atom stereocenters. The molecular formula is C47H61N9O6. The van der Waals surface area contributed by atoms with Crippen molar-refractivity contribution in [3.8, 4) is 5.75 Å². The van der Waals surface area contributed by atoms with E-state index in [2.05, 4.69) is 43.7 Å². The van der Waals surface area contributed by atoms with E-state index in [1.54, 1.807) is 19.1 Å². The van der Waals surface area contributed by atoms with Crippen LogP contribution in [0.2, 0.25) is 0 Å². The number of phenols is 1. The number of guanidine groups is 1. The topological polar surface area (TPSA) is 233 Å². The number of aryl methyl sites for hydroxylation is 1. The van der Waals surface area contributed by atoms with Crippen molar-refractivity contribution in [2.75, 3.05) is 26.2 Å². The van der Waals surface area contributed by atoms with Crippen LogP contribution in [0.15, 0.2) is 102 Å². The van der Waals surface area contributed by atoms with E-state index in [-0.39, 0.29) is 44.1 Å². The molecule has 15 nitrogen and oxygen atoms in total. The van der Waals surface area contributed by atoms with Crippen LogP contribution in [0.3, 0.4) is 0 Å². The second-order valence-corrected chi connectivity index (χ2v) is 15.8. The largest absolute Gasteiger partial charge is 0.508 e. The first-order valence-electron chi connectivity index (χ1n) is 21.5. The van der Waals surface area contributed by atoms with Gasteiger partial charge in [0.25, 0.3) is 0 Å². The minimum absolute atomic E-state index is 0.0438. The zero-order valence-electron chi connectivity index (χ0n) is 35.5. The molecule has 62 heavy (non-hydrogen) atoms. The van der Waals surface area contributed by atoms with Gasteiger partial charge in [0.1, 0.15) is 29.9 Å². The van der Waals surface area contributed by atoms with Gasteiger partial charge in [-0.05, 0) is 91.6 Å². The van der Waals surface area contributed by atoms with Gasteiger partial charge < -0.3 is 48.1 Å². The number of nitrogens with one attached hydrogen (secondary N) is 5. The summed E-state index contributed by atoms with van der Waals surface area (Å²) in [5.41, 5.74) is 13.9. The molecule has 10 N–H and O–H groups in total. The first-order chi connectivity index (χ1) is 30.0. The molecule has 0 aliphatic carbocycles. The van der Waals surface area contributed by atoms with E-state index >= 15 is 0 Å². The van der Waals surface area contributed by atoms with Gasteiger partial charge in [-0.3, -0.25) is 29.0 Å². The summed E-state index contributed by atoms with van der Waals surface area (Å²) >= 11 is 0. The van der Waals surface area contributed by atoms with Crippen LogP contribution in [0.25, 0.3) is 10.8 Å². The lowest BCUT2D eigenvalue weighted by Gasteiger charge is -2.33. The van der Waals surface area contributed by atoms with Gasteiger partial charge in [-0.15, -0.1) is 0 Å². The van der Waals surface area contributed by atoms with Crippen molar-refractivity contribution < 1.29 is 29.1 Å². The molecule has 4 aromatic carbocycles. The van der Waals surface area contributed by atoms with Crippen LogP contribution in [0.1, 0.15) is 68.6 Å². The van der Waals surface area contributed by atoms with Gasteiger partial charge in [-0.25, -0.2) is 0 Å². The fourth-order valence-corrected chi connectivity index (χ4v) is 7.47. The highest BCUT2D eigenvalue weighted by Crippen LogP contribution is 2.19. The van der Waals surface area contributed by atoms with Gasteiger partial charge in [0.2, 0.25) is 29.5 Å². The highest BCUT2D eigenvalue weighted by atomic mass is 16.3. The summed E-state index contributed by atoms with van der Waals surface area (Å²) in [7, 11) is 0. The Morgan fingerprint density at radius 3 is 2.15 bits per heavy atom. The van der Waals surface area contributed by atoms with Crippen LogP contribution in [-0.4, -0.2) is 95.8 Å². The van der Waals surface area contributed by atoms with Crippen molar-refractivity contribution in [3.05, 3.63) is 114 Å². The monoisotopic (exact) mass is 847 g/mol. The number of carbonyl (C=O) groups is 5. The number of amides is 5. The summed E-state index contributed by atoms with van der Waals surface area (Å²) in [6.45, 7) is 3.14. The molecule has 0 spiro atoms. The molecule has 5 rings (SSSR count). The highest BCUT2D eigenvalue weighted by molar-refractivity contribution is 5.97. The normalized spacial score (nSPS) is 19.1.